The molecule has 0 spiro atoms. The van der Waals surface area contributed by atoms with Gasteiger partial charge in [-0.05, 0) is 24.5 Å². The molecule has 0 radical (unpaired) electrons. The normalized spacial score (nSPS) is 24.1. The van der Waals surface area contributed by atoms with Crippen LogP contribution < -0.4 is 10.3 Å². The summed E-state index contributed by atoms with van der Waals surface area (Å²) in [4.78, 5) is 16.1. The fraction of sp³-hybridized carbons (Fsp3) is 0.529. The predicted molar refractivity (Wildman–Crippen MR) is 88.6 cm³/mol. The summed E-state index contributed by atoms with van der Waals surface area (Å²) >= 11 is 0. The van der Waals surface area contributed by atoms with E-state index in [9.17, 15) is 18.0 Å². The summed E-state index contributed by atoms with van der Waals surface area (Å²) in [6.07, 6.45) is 0.508. The lowest BCUT2D eigenvalue weighted by atomic mass is 9.96. The minimum atomic E-state index is -4.48. The van der Waals surface area contributed by atoms with E-state index in [-0.39, 0.29) is 12.0 Å². The maximum Gasteiger partial charge on any atom is 0.397 e. The van der Waals surface area contributed by atoms with Gasteiger partial charge in [0, 0.05) is 30.9 Å². The Kier molecular flexibility index (Phi) is 4.99. The van der Waals surface area contributed by atoms with Gasteiger partial charge in [-0.3, -0.25) is 9.80 Å². The van der Waals surface area contributed by atoms with Gasteiger partial charge in [0.2, 0.25) is 5.91 Å². The summed E-state index contributed by atoms with van der Waals surface area (Å²) < 4.78 is 37.1. The lowest BCUT2D eigenvalue weighted by molar-refractivity contribution is -0.154. The molecule has 5 nitrogen and oxygen atoms in total. The number of halogens is 3. The molecule has 25 heavy (non-hydrogen) atoms. The van der Waals surface area contributed by atoms with E-state index >= 15 is 0 Å². The maximum absolute atomic E-state index is 12.4. The van der Waals surface area contributed by atoms with Crippen LogP contribution in [0.4, 0.5) is 19.0 Å². The molecule has 8 heteroatoms. The molecule has 1 aromatic heterocycles. The number of pyridine rings is 1. The van der Waals surface area contributed by atoms with E-state index in [1.807, 2.05) is 36.2 Å². The Labute approximate surface area is 144 Å². The summed E-state index contributed by atoms with van der Waals surface area (Å²) in [7, 11) is 0. The lowest BCUT2D eigenvalue weighted by Gasteiger charge is -2.44. The van der Waals surface area contributed by atoms with Crippen molar-refractivity contribution in [3.63, 3.8) is 0 Å². The Morgan fingerprint density at radius 2 is 2.20 bits per heavy atom. The third kappa shape index (κ3) is 4.50. The van der Waals surface area contributed by atoms with Crippen molar-refractivity contribution in [2.75, 3.05) is 24.6 Å². The minimum Gasteiger partial charge on any atom is -0.352 e. The molecule has 1 aromatic rings. The van der Waals surface area contributed by atoms with E-state index in [2.05, 4.69) is 15.3 Å². The van der Waals surface area contributed by atoms with Gasteiger partial charge in [-0.2, -0.15) is 13.2 Å². The molecular weight excluding hydrogens is 333 g/mol. The largest absolute Gasteiger partial charge is 0.397 e. The summed E-state index contributed by atoms with van der Waals surface area (Å²) in [6, 6.07) is 3.53. The Balaban J connectivity index is 1.69. The van der Waals surface area contributed by atoms with Gasteiger partial charge in [-0.1, -0.05) is 19.1 Å². The number of piperidine rings is 1. The highest BCUT2D eigenvalue weighted by Crippen LogP contribution is 2.28. The molecule has 0 aromatic carbocycles. The van der Waals surface area contributed by atoms with E-state index in [4.69, 9.17) is 0 Å². The van der Waals surface area contributed by atoms with Gasteiger partial charge in [0.1, 0.15) is 12.2 Å². The number of carbonyl (C=O) groups is 1. The predicted octanol–water partition coefficient (Wildman–Crippen LogP) is 2.61. The van der Waals surface area contributed by atoms with Crippen LogP contribution >= 0.6 is 0 Å². The van der Waals surface area contributed by atoms with Crippen LogP contribution in [0.2, 0.25) is 0 Å². The van der Waals surface area contributed by atoms with Crippen LogP contribution in [0.1, 0.15) is 25.3 Å². The molecule has 0 unspecified atom stereocenters. The molecule has 136 valence electrons. The van der Waals surface area contributed by atoms with Gasteiger partial charge >= 0.3 is 6.18 Å². The molecule has 0 saturated carbocycles. The van der Waals surface area contributed by atoms with Gasteiger partial charge in [0.15, 0.2) is 0 Å². The Morgan fingerprint density at radius 1 is 1.40 bits per heavy atom. The lowest BCUT2D eigenvalue weighted by Crippen LogP contribution is -2.57. The quantitative estimate of drug-likeness (QED) is 0.907. The number of amides is 1. The monoisotopic (exact) mass is 354 g/mol. The van der Waals surface area contributed by atoms with Gasteiger partial charge in [0.25, 0.3) is 0 Å². The zero-order valence-electron chi connectivity index (χ0n) is 14.0. The number of hydrogen-bond acceptors (Lipinski definition) is 4. The summed E-state index contributed by atoms with van der Waals surface area (Å²) in [5.74, 6) is 0.117. The highest BCUT2D eigenvalue weighted by molar-refractivity contribution is 5.77. The third-order valence-electron chi connectivity index (χ3n) is 4.35. The molecule has 1 saturated heterocycles. The molecular formula is C17H21F3N4O. The van der Waals surface area contributed by atoms with Crippen molar-refractivity contribution in [1.82, 2.24) is 15.3 Å². The van der Waals surface area contributed by atoms with Crippen molar-refractivity contribution in [3.8, 4) is 0 Å². The van der Waals surface area contributed by atoms with Crippen LogP contribution in [0.5, 0.6) is 0 Å². The van der Waals surface area contributed by atoms with Crippen molar-refractivity contribution in [2.24, 2.45) is 5.92 Å². The second-order valence-corrected chi connectivity index (χ2v) is 6.67. The molecule has 1 amide bonds. The molecule has 0 aliphatic carbocycles. The summed E-state index contributed by atoms with van der Waals surface area (Å²) in [6.45, 7) is 3.93. The van der Waals surface area contributed by atoms with Crippen LogP contribution in [0.25, 0.3) is 6.08 Å². The standard InChI is InChI=1S/C17H21F3N4O/c1-12-8-14(22-15(25)9-17(18,19)20)11-23(10-12)24-7-3-5-13-4-2-6-21-16(13)24/h2-6,12,14H,7-11H2,1H3,(H,22,25)/t12-,14+/m0/s1. The van der Waals surface area contributed by atoms with Crippen LogP contribution in [-0.2, 0) is 4.79 Å². The van der Waals surface area contributed by atoms with E-state index in [0.29, 0.717) is 19.5 Å². The molecule has 0 bridgehead atoms. The van der Waals surface area contributed by atoms with E-state index in [0.717, 1.165) is 17.9 Å². The molecule has 3 heterocycles. The number of nitrogens with zero attached hydrogens (tertiary/aromatic N) is 3. The average molecular weight is 354 g/mol. The number of rotatable bonds is 3. The molecule has 3 rings (SSSR count). The van der Waals surface area contributed by atoms with Gasteiger partial charge in [0.05, 0.1) is 6.54 Å². The zero-order chi connectivity index (χ0) is 18.0. The molecule has 1 fully saturated rings. The molecule has 2 aliphatic rings. The number of anilines is 1. The topological polar surface area (TPSA) is 48.5 Å². The first-order chi connectivity index (χ1) is 11.8. The molecule has 1 N–H and O–H groups in total. The van der Waals surface area contributed by atoms with Crippen molar-refractivity contribution >= 4 is 17.8 Å². The van der Waals surface area contributed by atoms with Crippen LogP contribution in [0.3, 0.4) is 0 Å². The second kappa shape index (κ2) is 7.03. The number of hydrogen-bond donors (Lipinski definition) is 1. The first-order valence-corrected chi connectivity index (χ1v) is 8.32. The van der Waals surface area contributed by atoms with Crippen LogP contribution in [-0.4, -0.2) is 47.8 Å². The Bertz CT molecular complexity index is 662. The highest BCUT2D eigenvalue weighted by Gasteiger charge is 2.35. The van der Waals surface area contributed by atoms with Crippen molar-refractivity contribution in [3.05, 3.63) is 30.0 Å². The number of nitrogens with one attached hydrogen (secondary N) is 1. The fourth-order valence-corrected chi connectivity index (χ4v) is 3.46. The number of fused-ring (bicyclic) bond motifs is 1. The number of carbonyl (C=O) groups excluding carboxylic acids is 1. The maximum atomic E-state index is 12.4. The highest BCUT2D eigenvalue weighted by atomic mass is 19.4. The summed E-state index contributed by atoms with van der Waals surface area (Å²) in [5.41, 5.74) is 1.00. The smallest absolute Gasteiger partial charge is 0.352 e. The second-order valence-electron chi connectivity index (χ2n) is 6.67. The van der Waals surface area contributed by atoms with Gasteiger partial charge in [-0.25, -0.2) is 9.99 Å². The van der Waals surface area contributed by atoms with Crippen molar-refractivity contribution in [1.29, 1.82) is 0 Å². The number of hydrazine groups is 1. The first-order valence-electron chi connectivity index (χ1n) is 8.32. The van der Waals surface area contributed by atoms with E-state index < -0.39 is 18.5 Å². The molecule has 2 aliphatic heterocycles. The van der Waals surface area contributed by atoms with E-state index in [1.165, 1.54) is 0 Å². The number of aromatic nitrogens is 1. The Morgan fingerprint density at radius 3 is 2.96 bits per heavy atom. The summed E-state index contributed by atoms with van der Waals surface area (Å²) in [5, 5.41) is 6.64. The minimum absolute atomic E-state index is 0.253. The average Bonchev–Trinajstić information content (AvgIpc) is 2.51. The SMILES string of the molecule is C[C@H]1C[C@@H](NC(=O)CC(F)(F)F)CN(N2CC=Cc3cccnc32)C1. The van der Waals surface area contributed by atoms with E-state index in [1.54, 1.807) is 6.20 Å². The van der Waals surface area contributed by atoms with Gasteiger partial charge < -0.3 is 5.32 Å². The van der Waals surface area contributed by atoms with Crippen LogP contribution in [0.15, 0.2) is 24.4 Å². The Hall–Kier alpha value is -2.09. The van der Waals surface area contributed by atoms with Crippen molar-refractivity contribution in [2.45, 2.75) is 32.0 Å². The molecule has 2 atom stereocenters. The number of alkyl halides is 3. The zero-order valence-corrected chi connectivity index (χ0v) is 14.0. The first kappa shape index (κ1) is 17.7. The van der Waals surface area contributed by atoms with Crippen LogP contribution in [0, 0.1) is 5.92 Å². The van der Waals surface area contributed by atoms with Crippen molar-refractivity contribution < 1.29 is 18.0 Å². The fourth-order valence-electron chi connectivity index (χ4n) is 3.46. The van der Waals surface area contributed by atoms with Gasteiger partial charge in [-0.15, -0.1) is 0 Å². The third-order valence-corrected chi connectivity index (χ3v) is 4.35.